The number of fused-ring (bicyclic) bond motifs is 2. The Labute approximate surface area is 183 Å². The summed E-state index contributed by atoms with van der Waals surface area (Å²) >= 11 is 1.53. The van der Waals surface area contributed by atoms with Crippen molar-refractivity contribution in [2.45, 2.75) is 57.5 Å². The number of halogens is 2. The minimum absolute atomic E-state index is 0. The molecule has 7 heteroatoms. The molecule has 2 atom stereocenters. The van der Waals surface area contributed by atoms with E-state index in [-0.39, 0.29) is 36.8 Å². The predicted octanol–water partition coefficient (Wildman–Crippen LogP) is 4.52. The maximum Gasteiger partial charge on any atom is 0.263 e. The Morgan fingerprint density at radius 2 is 1.82 bits per heavy atom. The normalized spacial score (nSPS) is 25.9. The van der Waals surface area contributed by atoms with E-state index in [1.807, 2.05) is 25.1 Å². The Bertz CT molecular complexity index is 769. The first-order chi connectivity index (χ1) is 12.6. The number of amides is 1. The van der Waals surface area contributed by atoms with Gasteiger partial charge in [0.2, 0.25) is 0 Å². The molecular formula is C21H29Cl2N3OS. The molecule has 2 aliphatic rings. The number of hydrogen-bond donors (Lipinski definition) is 2. The van der Waals surface area contributed by atoms with Crippen molar-refractivity contribution in [2.24, 2.45) is 17.6 Å². The van der Waals surface area contributed by atoms with Crippen LogP contribution in [0.3, 0.4) is 0 Å². The average Bonchev–Trinajstić information content (AvgIpc) is 2.97. The minimum atomic E-state index is 0. The van der Waals surface area contributed by atoms with E-state index in [0.717, 1.165) is 34.8 Å². The Morgan fingerprint density at radius 3 is 2.46 bits per heavy atom. The highest BCUT2D eigenvalue weighted by atomic mass is 35.5. The van der Waals surface area contributed by atoms with Gasteiger partial charge in [-0.05, 0) is 50.0 Å². The highest BCUT2D eigenvalue weighted by molar-refractivity contribution is 7.13. The van der Waals surface area contributed by atoms with Crippen molar-refractivity contribution in [2.75, 3.05) is 0 Å². The highest BCUT2D eigenvalue weighted by Crippen LogP contribution is 2.40. The van der Waals surface area contributed by atoms with Gasteiger partial charge in [-0.1, -0.05) is 36.8 Å². The van der Waals surface area contributed by atoms with Crippen LogP contribution in [0.5, 0.6) is 0 Å². The van der Waals surface area contributed by atoms with Crippen LogP contribution in [0.15, 0.2) is 30.3 Å². The lowest BCUT2D eigenvalue weighted by Gasteiger charge is -2.45. The van der Waals surface area contributed by atoms with Gasteiger partial charge < -0.3 is 11.1 Å². The first-order valence-electron chi connectivity index (χ1n) is 9.67. The quantitative estimate of drug-likeness (QED) is 0.732. The fourth-order valence-corrected chi connectivity index (χ4v) is 5.75. The summed E-state index contributed by atoms with van der Waals surface area (Å²) in [4.78, 5) is 18.3. The maximum absolute atomic E-state index is 12.9. The van der Waals surface area contributed by atoms with E-state index >= 15 is 0 Å². The van der Waals surface area contributed by atoms with Crippen LogP contribution in [0.4, 0.5) is 0 Å². The molecule has 4 nitrogen and oxygen atoms in total. The third-order valence-electron chi connectivity index (χ3n) is 5.92. The van der Waals surface area contributed by atoms with Gasteiger partial charge in [0.15, 0.2) is 0 Å². The largest absolute Gasteiger partial charge is 0.348 e. The number of nitrogens with one attached hydrogen (secondary N) is 1. The number of carbonyl (C=O) groups is 1. The topological polar surface area (TPSA) is 68.0 Å². The molecule has 0 aliphatic heterocycles. The second-order valence-electron chi connectivity index (χ2n) is 7.87. The summed E-state index contributed by atoms with van der Waals surface area (Å²) in [6.45, 7) is 1.94. The summed E-state index contributed by atoms with van der Waals surface area (Å²) < 4.78 is 0. The lowest BCUT2D eigenvalue weighted by molar-refractivity contribution is 0.0759. The number of thiazole rings is 1. The molecule has 3 N–H and O–H groups in total. The van der Waals surface area contributed by atoms with Crippen molar-refractivity contribution in [1.29, 1.82) is 0 Å². The monoisotopic (exact) mass is 441 g/mol. The summed E-state index contributed by atoms with van der Waals surface area (Å²) in [5.74, 6) is 1.13. The van der Waals surface area contributed by atoms with Crippen LogP contribution < -0.4 is 11.1 Å². The smallest absolute Gasteiger partial charge is 0.263 e. The van der Waals surface area contributed by atoms with Gasteiger partial charge in [-0.15, -0.1) is 36.2 Å². The number of aromatic nitrogens is 1. The number of benzene rings is 1. The van der Waals surface area contributed by atoms with Crippen LogP contribution in [0.1, 0.15) is 58.0 Å². The number of nitrogens with two attached hydrogens (primary N) is 1. The zero-order chi connectivity index (χ0) is 18.1. The van der Waals surface area contributed by atoms with Crippen LogP contribution in [0, 0.1) is 18.8 Å². The second-order valence-corrected chi connectivity index (χ2v) is 8.95. The molecule has 1 amide bonds. The van der Waals surface area contributed by atoms with Crippen molar-refractivity contribution in [3.63, 3.8) is 0 Å². The summed E-state index contributed by atoms with van der Waals surface area (Å²) in [7, 11) is 0. The molecule has 2 aromatic rings. The Morgan fingerprint density at radius 1 is 1.18 bits per heavy atom. The van der Waals surface area contributed by atoms with Gasteiger partial charge in [0.05, 0.1) is 10.7 Å². The molecule has 1 aromatic carbocycles. The van der Waals surface area contributed by atoms with E-state index in [4.69, 9.17) is 5.73 Å². The molecule has 4 rings (SSSR count). The van der Waals surface area contributed by atoms with Crippen LogP contribution in [-0.2, 0) is 6.42 Å². The van der Waals surface area contributed by atoms with Gasteiger partial charge in [-0.3, -0.25) is 4.79 Å². The second kappa shape index (κ2) is 10.1. The zero-order valence-electron chi connectivity index (χ0n) is 16.1. The van der Waals surface area contributed by atoms with E-state index in [0.29, 0.717) is 17.9 Å². The van der Waals surface area contributed by atoms with Crippen LogP contribution in [0.2, 0.25) is 0 Å². The number of aryl methyl sites for hydroxylation is 1. The van der Waals surface area contributed by atoms with Gasteiger partial charge in [0.1, 0.15) is 4.88 Å². The minimum Gasteiger partial charge on any atom is -0.348 e. The average molecular weight is 442 g/mol. The van der Waals surface area contributed by atoms with E-state index in [1.54, 1.807) is 0 Å². The molecule has 2 saturated carbocycles. The number of rotatable bonds is 4. The fourth-order valence-electron chi connectivity index (χ4n) is 4.75. The summed E-state index contributed by atoms with van der Waals surface area (Å²) in [5, 5.41) is 4.36. The van der Waals surface area contributed by atoms with Crippen molar-refractivity contribution in [1.82, 2.24) is 10.3 Å². The highest BCUT2D eigenvalue weighted by Gasteiger charge is 2.40. The molecule has 28 heavy (non-hydrogen) atoms. The maximum atomic E-state index is 12.9. The van der Waals surface area contributed by atoms with E-state index in [9.17, 15) is 4.79 Å². The van der Waals surface area contributed by atoms with Crippen LogP contribution in [-0.4, -0.2) is 23.0 Å². The van der Waals surface area contributed by atoms with Crippen molar-refractivity contribution >= 4 is 42.1 Å². The number of hydrogen-bond acceptors (Lipinski definition) is 4. The van der Waals surface area contributed by atoms with Gasteiger partial charge in [0, 0.05) is 18.5 Å². The number of carbonyl (C=O) groups excluding carboxylic acids is 1. The standard InChI is InChI=1S/C21H27N3OS.2ClH/c1-13-20(26-18(23-13)10-14-6-3-2-4-7-14)21(25)24-19-15-8-5-9-16(19)12-17(22)11-15;;/h2-4,6-7,15-17,19H,5,8-12,22H2,1H3,(H,24,25);2*1H. The summed E-state index contributed by atoms with van der Waals surface area (Å²) in [6.07, 6.45) is 6.52. The Kier molecular flexibility index (Phi) is 8.31. The van der Waals surface area contributed by atoms with Crippen molar-refractivity contribution < 1.29 is 4.79 Å². The van der Waals surface area contributed by atoms with Gasteiger partial charge >= 0.3 is 0 Å². The molecule has 0 spiro atoms. The predicted molar refractivity (Wildman–Crippen MR) is 120 cm³/mol. The third kappa shape index (κ3) is 5.07. The SMILES string of the molecule is Cc1nc(Cc2ccccc2)sc1C(=O)NC1C2CCCC1CC(N)C2.Cl.Cl. The Hall–Kier alpha value is -1.14. The van der Waals surface area contributed by atoms with Crippen molar-refractivity contribution in [3.8, 4) is 0 Å². The number of nitrogens with zero attached hydrogens (tertiary/aromatic N) is 1. The van der Waals surface area contributed by atoms with Crippen LogP contribution in [0.25, 0.3) is 0 Å². The van der Waals surface area contributed by atoms with E-state index in [1.165, 1.54) is 36.2 Å². The van der Waals surface area contributed by atoms with Gasteiger partial charge in [-0.2, -0.15) is 0 Å². The molecule has 2 fully saturated rings. The van der Waals surface area contributed by atoms with E-state index < -0.39 is 0 Å². The lowest BCUT2D eigenvalue weighted by atomic mass is 9.67. The fraction of sp³-hybridized carbons (Fsp3) is 0.524. The molecule has 0 radical (unpaired) electrons. The van der Waals surface area contributed by atoms with E-state index in [2.05, 4.69) is 22.4 Å². The third-order valence-corrected chi connectivity index (χ3v) is 7.08. The molecule has 1 heterocycles. The first kappa shape index (κ1) is 23.1. The molecule has 2 aliphatic carbocycles. The molecular weight excluding hydrogens is 413 g/mol. The summed E-state index contributed by atoms with van der Waals surface area (Å²) in [6, 6.07) is 10.9. The lowest BCUT2D eigenvalue weighted by Crippen LogP contribution is -2.53. The van der Waals surface area contributed by atoms with Gasteiger partial charge in [0.25, 0.3) is 5.91 Å². The molecule has 0 saturated heterocycles. The van der Waals surface area contributed by atoms with Gasteiger partial charge in [-0.25, -0.2) is 4.98 Å². The van der Waals surface area contributed by atoms with Crippen LogP contribution >= 0.6 is 36.2 Å². The first-order valence-corrected chi connectivity index (χ1v) is 10.5. The summed E-state index contributed by atoms with van der Waals surface area (Å²) in [5.41, 5.74) is 8.28. The molecule has 154 valence electrons. The molecule has 2 bridgehead atoms. The Balaban J connectivity index is 0.00000140. The molecule has 2 unspecified atom stereocenters. The molecule has 1 aromatic heterocycles. The zero-order valence-corrected chi connectivity index (χ0v) is 18.5. The van der Waals surface area contributed by atoms with Crippen molar-refractivity contribution in [3.05, 3.63) is 51.5 Å².